The van der Waals surface area contributed by atoms with Crippen molar-refractivity contribution in [2.24, 2.45) is 5.10 Å². The molecule has 0 spiro atoms. The molecule has 6 heteroatoms. The second kappa shape index (κ2) is 6.08. The number of carbonyl (C=O) groups excluding carboxylic acids is 1. The minimum Gasteiger partial charge on any atom is -0.267 e. The zero-order valence-electron chi connectivity index (χ0n) is 13.3. The number of amides is 1. The summed E-state index contributed by atoms with van der Waals surface area (Å²) in [6, 6.07) is 13.7. The number of carbonyl (C=O) groups is 1. The molecule has 0 radical (unpaired) electrons. The molecule has 0 fully saturated rings. The van der Waals surface area contributed by atoms with Crippen LogP contribution in [0, 0.1) is 17.0 Å². The molecule has 0 saturated heterocycles. The molecule has 3 rings (SSSR count). The molecule has 0 saturated carbocycles. The highest BCUT2D eigenvalue weighted by molar-refractivity contribution is 6.32. The third-order valence-corrected chi connectivity index (χ3v) is 3.77. The number of hydrazone groups is 1. The Labute approximate surface area is 138 Å². The fraction of sp³-hybridized carbons (Fsp3) is 0.111. The summed E-state index contributed by atoms with van der Waals surface area (Å²) < 4.78 is 0. The van der Waals surface area contributed by atoms with E-state index < -0.39 is 4.92 Å². The first-order valence-electron chi connectivity index (χ1n) is 7.39. The van der Waals surface area contributed by atoms with Gasteiger partial charge in [-0.2, -0.15) is 10.1 Å². The minimum absolute atomic E-state index is 0.0422. The summed E-state index contributed by atoms with van der Waals surface area (Å²) in [5.74, 6) is -0.297. The lowest BCUT2D eigenvalue weighted by Crippen LogP contribution is -2.21. The van der Waals surface area contributed by atoms with E-state index in [1.807, 2.05) is 31.2 Å². The first-order valence-corrected chi connectivity index (χ1v) is 7.39. The SMILES string of the molecule is CC1=NN(c2ccc(C)cc2)C(=O)C1=Cc1ccccc1[N+](=O)[O-]. The van der Waals surface area contributed by atoms with Gasteiger partial charge in [0.05, 0.1) is 27.5 Å². The van der Waals surface area contributed by atoms with E-state index in [1.165, 1.54) is 17.2 Å². The number of hydrogen-bond donors (Lipinski definition) is 0. The second-order valence-electron chi connectivity index (χ2n) is 5.51. The molecule has 120 valence electrons. The second-order valence-corrected chi connectivity index (χ2v) is 5.51. The molecule has 0 aromatic heterocycles. The molecule has 6 nitrogen and oxygen atoms in total. The zero-order valence-corrected chi connectivity index (χ0v) is 13.3. The van der Waals surface area contributed by atoms with Crippen LogP contribution < -0.4 is 5.01 Å². The van der Waals surface area contributed by atoms with Gasteiger partial charge in [0, 0.05) is 6.07 Å². The molecule has 1 amide bonds. The normalized spacial score (nSPS) is 15.8. The Morgan fingerprint density at radius 3 is 2.42 bits per heavy atom. The highest BCUT2D eigenvalue weighted by atomic mass is 16.6. The van der Waals surface area contributed by atoms with Crippen LogP contribution in [-0.4, -0.2) is 16.5 Å². The molecular weight excluding hydrogens is 306 g/mol. The van der Waals surface area contributed by atoms with Crippen LogP contribution in [0.4, 0.5) is 11.4 Å². The Kier molecular flexibility index (Phi) is 3.95. The molecule has 2 aromatic rings. The number of aryl methyl sites for hydroxylation is 1. The van der Waals surface area contributed by atoms with Crippen LogP contribution in [0.5, 0.6) is 0 Å². The number of nitro benzene ring substituents is 1. The summed E-state index contributed by atoms with van der Waals surface area (Å²) in [7, 11) is 0. The Hall–Kier alpha value is -3.28. The number of hydrogen-bond acceptors (Lipinski definition) is 4. The standard InChI is InChI=1S/C18H15N3O3/c1-12-7-9-15(10-8-12)20-18(22)16(13(2)19-20)11-14-5-3-4-6-17(14)21(23)24/h3-11H,1-2H3. The first kappa shape index (κ1) is 15.6. The van der Waals surface area contributed by atoms with Crippen molar-refractivity contribution in [1.29, 1.82) is 0 Å². The van der Waals surface area contributed by atoms with Gasteiger partial charge in [-0.15, -0.1) is 0 Å². The third kappa shape index (κ3) is 2.81. The van der Waals surface area contributed by atoms with Gasteiger partial charge in [0.25, 0.3) is 11.6 Å². The monoisotopic (exact) mass is 321 g/mol. The van der Waals surface area contributed by atoms with Gasteiger partial charge in [-0.25, -0.2) is 0 Å². The van der Waals surface area contributed by atoms with Crippen molar-refractivity contribution in [2.45, 2.75) is 13.8 Å². The Morgan fingerprint density at radius 1 is 1.08 bits per heavy atom. The van der Waals surface area contributed by atoms with E-state index in [9.17, 15) is 14.9 Å². The van der Waals surface area contributed by atoms with Crippen LogP contribution in [0.3, 0.4) is 0 Å². The van der Waals surface area contributed by atoms with E-state index >= 15 is 0 Å². The van der Waals surface area contributed by atoms with E-state index in [0.29, 0.717) is 22.5 Å². The summed E-state index contributed by atoms with van der Waals surface area (Å²) in [6.45, 7) is 3.68. The molecule has 0 N–H and O–H groups in total. The maximum absolute atomic E-state index is 12.7. The van der Waals surface area contributed by atoms with E-state index in [-0.39, 0.29) is 11.6 Å². The van der Waals surface area contributed by atoms with E-state index in [1.54, 1.807) is 25.1 Å². The third-order valence-electron chi connectivity index (χ3n) is 3.77. The number of benzene rings is 2. The molecule has 0 unspecified atom stereocenters. The van der Waals surface area contributed by atoms with Gasteiger partial charge < -0.3 is 0 Å². The number of anilines is 1. The lowest BCUT2D eigenvalue weighted by Gasteiger charge is -2.11. The highest BCUT2D eigenvalue weighted by Gasteiger charge is 2.29. The largest absolute Gasteiger partial charge is 0.280 e. The fourth-order valence-electron chi connectivity index (χ4n) is 2.48. The molecule has 1 aliphatic rings. The average molecular weight is 321 g/mol. The number of nitrogens with zero attached hydrogens (tertiary/aromatic N) is 3. The molecule has 0 atom stereocenters. The predicted octanol–water partition coefficient (Wildman–Crippen LogP) is 3.71. The number of para-hydroxylation sites is 1. The van der Waals surface area contributed by atoms with Gasteiger partial charge in [-0.3, -0.25) is 14.9 Å². The van der Waals surface area contributed by atoms with Crippen molar-refractivity contribution in [3.8, 4) is 0 Å². The van der Waals surface area contributed by atoms with E-state index in [4.69, 9.17) is 0 Å². The van der Waals surface area contributed by atoms with Crippen molar-refractivity contribution < 1.29 is 9.72 Å². The Bertz CT molecular complexity index is 883. The predicted molar refractivity (Wildman–Crippen MR) is 92.8 cm³/mol. The summed E-state index contributed by atoms with van der Waals surface area (Å²) in [5.41, 5.74) is 2.96. The topological polar surface area (TPSA) is 75.8 Å². The molecular formula is C18H15N3O3. The van der Waals surface area contributed by atoms with Gasteiger partial charge in [-0.1, -0.05) is 29.8 Å². The van der Waals surface area contributed by atoms with Crippen LogP contribution >= 0.6 is 0 Å². The smallest absolute Gasteiger partial charge is 0.267 e. The molecule has 24 heavy (non-hydrogen) atoms. The molecule has 2 aromatic carbocycles. The molecule has 0 aliphatic carbocycles. The summed E-state index contributed by atoms with van der Waals surface area (Å²) >= 11 is 0. The average Bonchev–Trinajstić information content (AvgIpc) is 2.84. The Balaban J connectivity index is 1.99. The van der Waals surface area contributed by atoms with Gasteiger partial charge in [0.1, 0.15) is 0 Å². The van der Waals surface area contributed by atoms with Crippen LogP contribution in [0.2, 0.25) is 0 Å². The van der Waals surface area contributed by atoms with Gasteiger partial charge in [0.2, 0.25) is 0 Å². The van der Waals surface area contributed by atoms with Crippen LogP contribution in [0.15, 0.2) is 59.2 Å². The quantitative estimate of drug-likeness (QED) is 0.491. The Morgan fingerprint density at radius 2 is 1.75 bits per heavy atom. The zero-order chi connectivity index (χ0) is 17.3. The van der Waals surface area contributed by atoms with Crippen molar-refractivity contribution in [3.63, 3.8) is 0 Å². The lowest BCUT2D eigenvalue weighted by molar-refractivity contribution is -0.385. The number of rotatable bonds is 3. The van der Waals surface area contributed by atoms with Crippen molar-refractivity contribution >= 4 is 29.1 Å². The van der Waals surface area contributed by atoms with E-state index in [2.05, 4.69) is 5.10 Å². The van der Waals surface area contributed by atoms with Gasteiger partial charge in [0.15, 0.2) is 0 Å². The van der Waals surface area contributed by atoms with Gasteiger partial charge >= 0.3 is 0 Å². The van der Waals surface area contributed by atoms with Crippen LogP contribution in [0.1, 0.15) is 18.1 Å². The van der Waals surface area contributed by atoms with Crippen molar-refractivity contribution in [2.75, 3.05) is 5.01 Å². The summed E-state index contributed by atoms with van der Waals surface area (Å²) in [4.78, 5) is 23.3. The maximum atomic E-state index is 12.7. The van der Waals surface area contributed by atoms with Crippen molar-refractivity contribution in [1.82, 2.24) is 0 Å². The summed E-state index contributed by atoms with van der Waals surface area (Å²) in [5, 5.41) is 16.7. The minimum atomic E-state index is -0.462. The molecule has 1 heterocycles. The molecule has 0 bridgehead atoms. The number of nitro groups is 1. The lowest BCUT2D eigenvalue weighted by atomic mass is 10.1. The van der Waals surface area contributed by atoms with Crippen LogP contribution in [-0.2, 0) is 4.79 Å². The van der Waals surface area contributed by atoms with Crippen molar-refractivity contribution in [3.05, 3.63) is 75.3 Å². The van der Waals surface area contributed by atoms with Crippen LogP contribution in [0.25, 0.3) is 6.08 Å². The first-order chi connectivity index (χ1) is 11.5. The van der Waals surface area contributed by atoms with Gasteiger partial charge in [-0.05, 0) is 38.1 Å². The molecule has 1 aliphatic heterocycles. The maximum Gasteiger partial charge on any atom is 0.280 e. The van der Waals surface area contributed by atoms with E-state index in [0.717, 1.165) is 5.56 Å². The summed E-state index contributed by atoms with van der Waals surface area (Å²) in [6.07, 6.45) is 1.52. The fourth-order valence-corrected chi connectivity index (χ4v) is 2.48. The highest BCUT2D eigenvalue weighted by Crippen LogP contribution is 2.27.